The molecule has 0 bridgehead atoms. The standard InChI is InChI=1S/C7H7FN2O2.ClH/c1-12-7(11)6-5(8)2-4(9)3-10-6;/h2-3H,9H2,1H3;1H. The van der Waals surface area contributed by atoms with Gasteiger partial charge in [-0.2, -0.15) is 0 Å². The van der Waals surface area contributed by atoms with Crippen LogP contribution in [0.2, 0.25) is 0 Å². The van der Waals surface area contributed by atoms with Gasteiger partial charge in [-0.25, -0.2) is 14.2 Å². The SMILES string of the molecule is COC(=O)c1ncc(N)cc1F.Cl. The van der Waals surface area contributed by atoms with E-state index in [4.69, 9.17) is 5.73 Å². The predicted molar refractivity (Wildman–Crippen MR) is 47.2 cm³/mol. The fraction of sp³-hybridized carbons (Fsp3) is 0.143. The van der Waals surface area contributed by atoms with Gasteiger partial charge in [0.15, 0.2) is 11.5 Å². The Hall–Kier alpha value is -1.36. The number of nitrogens with zero attached hydrogens (tertiary/aromatic N) is 1. The topological polar surface area (TPSA) is 65.2 Å². The monoisotopic (exact) mass is 206 g/mol. The average Bonchev–Trinajstić information content (AvgIpc) is 2.03. The maximum absolute atomic E-state index is 12.8. The van der Waals surface area contributed by atoms with Crippen molar-refractivity contribution in [2.45, 2.75) is 0 Å². The molecule has 6 heteroatoms. The van der Waals surface area contributed by atoms with Crippen LogP contribution in [0.1, 0.15) is 10.5 Å². The van der Waals surface area contributed by atoms with Crippen LogP contribution in [0.3, 0.4) is 0 Å². The Kier molecular flexibility index (Phi) is 4.13. The molecule has 72 valence electrons. The Labute approximate surface area is 80.3 Å². The van der Waals surface area contributed by atoms with Gasteiger partial charge in [0.1, 0.15) is 0 Å². The Balaban J connectivity index is 0.00000144. The average molecular weight is 207 g/mol. The highest BCUT2D eigenvalue weighted by Crippen LogP contribution is 2.08. The van der Waals surface area contributed by atoms with E-state index in [0.29, 0.717) is 0 Å². The van der Waals surface area contributed by atoms with Gasteiger partial charge in [-0.1, -0.05) is 0 Å². The number of nitrogens with two attached hydrogens (primary N) is 1. The van der Waals surface area contributed by atoms with Gasteiger partial charge in [-0.15, -0.1) is 12.4 Å². The third-order valence-corrected chi connectivity index (χ3v) is 1.24. The minimum Gasteiger partial charge on any atom is -0.464 e. The number of carbonyl (C=O) groups excluding carboxylic acids is 1. The molecule has 4 nitrogen and oxygen atoms in total. The van der Waals surface area contributed by atoms with Gasteiger partial charge < -0.3 is 10.5 Å². The fourth-order valence-electron chi connectivity index (χ4n) is 0.700. The smallest absolute Gasteiger partial charge is 0.359 e. The van der Waals surface area contributed by atoms with Gasteiger partial charge in [0.25, 0.3) is 0 Å². The lowest BCUT2D eigenvalue weighted by atomic mass is 10.3. The molecule has 1 aromatic rings. The number of hydrogen-bond donors (Lipinski definition) is 1. The van der Waals surface area contributed by atoms with Gasteiger partial charge in [-0.3, -0.25) is 0 Å². The highest BCUT2D eigenvalue weighted by atomic mass is 35.5. The molecule has 0 unspecified atom stereocenters. The Morgan fingerprint density at radius 3 is 2.77 bits per heavy atom. The lowest BCUT2D eigenvalue weighted by Crippen LogP contribution is -2.07. The quantitative estimate of drug-likeness (QED) is 0.697. The molecule has 13 heavy (non-hydrogen) atoms. The van der Waals surface area contributed by atoms with E-state index in [1.807, 2.05) is 0 Å². The molecule has 1 aromatic heterocycles. The molecule has 0 aliphatic carbocycles. The van der Waals surface area contributed by atoms with Crippen LogP contribution in [0.4, 0.5) is 10.1 Å². The number of halogens is 2. The van der Waals surface area contributed by atoms with Crippen molar-refractivity contribution < 1.29 is 13.9 Å². The summed E-state index contributed by atoms with van der Waals surface area (Å²) in [6.07, 6.45) is 1.19. The molecule has 0 saturated carbocycles. The molecule has 0 aromatic carbocycles. The van der Waals surface area contributed by atoms with Crippen molar-refractivity contribution in [1.29, 1.82) is 0 Å². The molecule has 0 radical (unpaired) electrons. The van der Waals surface area contributed by atoms with Crippen molar-refractivity contribution in [3.05, 3.63) is 23.8 Å². The van der Waals surface area contributed by atoms with Crippen LogP contribution in [0.25, 0.3) is 0 Å². The molecular formula is C7H8ClFN2O2. The number of aromatic nitrogens is 1. The van der Waals surface area contributed by atoms with Crippen molar-refractivity contribution in [3.63, 3.8) is 0 Å². The lowest BCUT2D eigenvalue weighted by Gasteiger charge is -1.99. The number of rotatable bonds is 1. The summed E-state index contributed by atoms with van der Waals surface area (Å²) in [6.45, 7) is 0. The van der Waals surface area contributed by atoms with Crippen molar-refractivity contribution in [2.75, 3.05) is 12.8 Å². The van der Waals surface area contributed by atoms with Gasteiger partial charge in [0.2, 0.25) is 0 Å². The highest BCUT2D eigenvalue weighted by Gasteiger charge is 2.13. The maximum atomic E-state index is 12.8. The van der Waals surface area contributed by atoms with E-state index in [-0.39, 0.29) is 23.8 Å². The molecule has 1 heterocycles. The van der Waals surface area contributed by atoms with Gasteiger partial charge in [-0.05, 0) is 0 Å². The van der Waals surface area contributed by atoms with Crippen molar-refractivity contribution in [2.24, 2.45) is 0 Å². The first kappa shape index (κ1) is 11.6. The summed E-state index contributed by atoms with van der Waals surface area (Å²) in [7, 11) is 1.15. The molecule has 0 amide bonds. The first-order chi connectivity index (χ1) is 5.65. The van der Waals surface area contributed by atoms with Crippen LogP contribution >= 0.6 is 12.4 Å². The van der Waals surface area contributed by atoms with Crippen LogP contribution < -0.4 is 5.73 Å². The third-order valence-electron chi connectivity index (χ3n) is 1.24. The number of methoxy groups -OCH3 is 1. The largest absolute Gasteiger partial charge is 0.464 e. The van der Waals surface area contributed by atoms with Crippen LogP contribution in [0.15, 0.2) is 12.3 Å². The van der Waals surface area contributed by atoms with E-state index in [2.05, 4.69) is 9.72 Å². The van der Waals surface area contributed by atoms with E-state index >= 15 is 0 Å². The third kappa shape index (κ3) is 2.55. The first-order valence-electron chi connectivity index (χ1n) is 3.14. The number of anilines is 1. The number of esters is 1. The van der Waals surface area contributed by atoms with Gasteiger partial charge in [0, 0.05) is 6.07 Å². The summed E-state index contributed by atoms with van der Waals surface area (Å²) in [5.74, 6) is -1.59. The van der Waals surface area contributed by atoms with Crippen LogP contribution in [0.5, 0.6) is 0 Å². The Morgan fingerprint density at radius 2 is 2.31 bits per heavy atom. The minimum absolute atomic E-state index is 0. The maximum Gasteiger partial charge on any atom is 0.359 e. The Bertz CT molecular complexity index is 319. The summed E-state index contributed by atoms with van der Waals surface area (Å²) in [6, 6.07) is 1.01. The summed E-state index contributed by atoms with van der Waals surface area (Å²) in [5, 5.41) is 0. The number of carbonyl (C=O) groups is 1. The zero-order valence-electron chi connectivity index (χ0n) is 6.78. The molecule has 0 aliphatic rings. The number of pyridine rings is 1. The van der Waals surface area contributed by atoms with Crippen LogP contribution in [-0.4, -0.2) is 18.1 Å². The zero-order valence-corrected chi connectivity index (χ0v) is 7.60. The predicted octanol–water partition coefficient (Wildman–Crippen LogP) is 1.01. The highest BCUT2D eigenvalue weighted by molar-refractivity contribution is 5.87. The Morgan fingerprint density at radius 1 is 1.69 bits per heavy atom. The second kappa shape index (κ2) is 4.61. The summed E-state index contributed by atoms with van der Waals surface area (Å²) in [5.41, 5.74) is 5.03. The van der Waals surface area contributed by atoms with E-state index in [9.17, 15) is 9.18 Å². The molecule has 0 spiro atoms. The van der Waals surface area contributed by atoms with E-state index in [0.717, 1.165) is 13.2 Å². The number of hydrogen-bond acceptors (Lipinski definition) is 4. The van der Waals surface area contributed by atoms with E-state index in [1.54, 1.807) is 0 Å². The fourth-order valence-corrected chi connectivity index (χ4v) is 0.700. The normalized spacial score (nSPS) is 8.77. The van der Waals surface area contributed by atoms with Gasteiger partial charge in [0.05, 0.1) is 19.0 Å². The van der Waals surface area contributed by atoms with Crippen molar-refractivity contribution in [3.8, 4) is 0 Å². The minimum atomic E-state index is -0.813. The second-order valence-electron chi connectivity index (χ2n) is 2.09. The van der Waals surface area contributed by atoms with Crippen molar-refractivity contribution in [1.82, 2.24) is 4.98 Å². The van der Waals surface area contributed by atoms with Crippen LogP contribution in [-0.2, 0) is 4.74 Å². The van der Waals surface area contributed by atoms with Gasteiger partial charge >= 0.3 is 5.97 Å². The molecule has 0 atom stereocenters. The molecule has 1 rings (SSSR count). The summed E-state index contributed by atoms with van der Waals surface area (Å²) < 4.78 is 17.1. The molecule has 0 fully saturated rings. The number of ether oxygens (including phenoxy) is 1. The summed E-state index contributed by atoms with van der Waals surface area (Å²) in [4.78, 5) is 14.3. The van der Waals surface area contributed by atoms with E-state index in [1.165, 1.54) is 6.20 Å². The molecule has 0 aliphatic heterocycles. The molecule has 0 saturated heterocycles. The summed E-state index contributed by atoms with van der Waals surface area (Å²) >= 11 is 0. The number of nitrogen functional groups attached to an aromatic ring is 1. The van der Waals surface area contributed by atoms with Crippen LogP contribution in [0, 0.1) is 5.82 Å². The lowest BCUT2D eigenvalue weighted by molar-refractivity contribution is 0.0588. The van der Waals surface area contributed by atoms with E-state index < -0.39 is 11.8 Å². The first-order valence-corrected chi connectivity index (χ1v) is 3.14. The molecule has 2 N–H and O–H groups in total. The zero-order chi connectivity index (χ0) is 9.14. The second-order valence-corrected chi connectivity index (χ2v) is 2.09. The molecular weight excluding hydrogens is 199 g/mol. The van der Waals surface area contributed by atoms with Crippen molar-refractivity contribution >= 4 is 24.1 Å².